The van der Waals surface area contributed by atoms with Crippen LogP contribution in [-0.2, 0) is 4.74 Å². The first-order chi connectivity index (χ1) is 18.2. The highest BCUT2D eigenvalue weighted by molar-refractivity contribution is 8.05. The number of ether oxygens (including phenoxy) is 1. The van der Waals surface area contributed by atoms with Gasteiger partial charge in [-0.3, -0.25) is 4.79 Å². The van der Waals surface area contributed by atoms with Gasteiger partial charge >= 0.3 is 0 Å². The van der Waals surface area contributed by atoms with E-state index in [9.17, 15) is 9.90 Å². The summed E-state index contributed by atoms with van der Waals surface area (Å²) in [5.41, 5.74) is 3.09. The molecule has 3 aromatic rings. The molecule has 0 amide bonds. The largest absolute Gasteiger partial charge is 0.394 e. The van der Waals surface area contributed by atoms with E-state index in [1.165, 1.54) is 38.0 Å². The van der Waals surface area contributed by atoms with Crippen molar-refractivity contribution in [3.8, 4) is 0 Å². The molecule has 194 valence electrons. The number of aromatic amines is 1. The molecule has 37 heavy (non-hydrogen) atoms. The van der Waals surface area contributed by atoms with Gasteiger partial charge < -0.3 is 29.9 Å². The van der Waals surface area contributed by atoms with Gasteiger partial charge in [-0.2, -0.15) is 0 Å². The number of benzene rings is 2. The standard InChI is InChI=1S/C28H32N4O3S2/c33-18-20(16-31-10-1-2-11-31)30-19-6-7-24-26(14-19)36-25-5-3-4-22(28(25)37-24)23-17-32(12-13-35-23)21-8-9-29-27(34)15-21/h3-9,14-15,20,23,30,33H,1-2,10-13,16-18H2,(H,29,34). The average molecular weight is 537 g/mol. The summed E-state index contributed by atoms with van der Waals surface area (Å²) in [6.07, 6.45) is 4.15. The maximum Gasteiger partial charge on any atom is 0.249 e. The van der Waals surface area contributed by atoms with Crippen LogP contribution < -0.4 is 15.8 Å². The molecule has 2 aromatic carbocycles. The van der Waals surface area contributed by atoms with Crippen LogP contribution in [0.1, 0.15) is 24.5 Å². The lowest BCUT2D eigenvalue weighted by atomic mass is 10.1. The molecule has 7 nitrogen and oxygen atoms in total. The Kier molecular flexibility index (Phi) is 7.48. The van der Waals surface area contributed by atoms with Gasteiger partial charge in [-0.05, 0) is 61.8 Å². The molecule has 0 saturated carbocycles. The number of nitrogens with zero attached hydrogens (tertiary/aromatic N) is 2. The minimum Gasteiger partial charge on any atom is -0.394 e. The van der Waals surface area contributed by atoms with Crippen molar-refractivity contribution in [2.24, 2.45) is 0 Å². The summed E-state index contributed by atoms with van der Waals surface area (Å²) in [6, 6.07) is 16.6. The first-order valence-corrected chi connectivity index (χ1v) is 14.6. The summed E-state index contributed by atoms with van der Waals surface area (Å²) in [5, 5.41) is 13.5. The summed E-state index contributed by atoms with van der Waals surface area (Å²) in [7, 11) is 0. The van der Waals surface area contributed by atoms with Crippen LogP contribution in [0.15, 0.2) is 79.1 Å². The van der Waals surface area contributed by atoms with Crippen molar-refractivity contribution in [3.05, 3.63) is 70.6 Å². The van der Waals surface area contributed by atoms with E-state index in [-0.39, 0.29) is 24.3 Å². The lowest BCUT2D eigenvalue weighted by Gasteiger charge is -2.36. The highest BCUT2D eigenvalue weighted by Crippen LogP contribution is 2.51. The van der Waals surface area contributed by atoms with Gasteiger partial charge in [0.25, 0.3) is 0 Å². The molecule has 4 heterocycles. The fourth-order valence-electron chi connectivity index (χ4n) is 5.33. The molecular weight excluding hydrogens is 504 g/mol. The van der Waals surface area contributed by atoms with Crippen LogP contribution in [0.4, 0.5) is 11.4 Å². The van der Waals surface area contributed by atoms with E-state index in [2.05, 4.69) is 56.5 Å². The van der Waals surface area contributed by atoms with Gasteiger partial charge in [0, 0.05) is 62.9 Å². The normalized spacial score (nSPS) is 20.4. The van der Waals surface area contributed by atoms with E-state index < -0.39 is 0 Å². The molecule has 3 aliphatic rings. The number of nitrogens with one attached hydrogen (secondary N) is 2. The van der Waals surface area contributed by atoms with Crippen molar-refractivity contribution in [1.82, 2.24) is 9.88 Å². The average Bonchev–Trinajstić information content (AvgIpc) is 3.44. The number of H-pyrrole nitrogens is 1. The first kappa shape index (κ1) is 24.9. The van der Waals surface area contributed by atoms with Crippen LogP contribution in [0.25, 0.3) is 0 Å². The molecule has 2 saturated heterocycles. The zero-order valence-corrected chi connectivity index (χ0v) is 22.3. The molecule has 9 heteroatoms. The number of aliphatic hydroxyl groups excluding tert-OH is 1. The molecule has 6 rings (SSSR count). The van der Waals surface area contributed by atoms with Crippen LogP contribution in [-0.4, -0.2) is 67.0 Å². The zero-order chi connectivity index (χ0) is 25.2. The Hall–Kier alpha value is -2.43. The van der Waals surface area contributed by atoms with E-state index in [1.807, 2.05) is 6.07 Å². The minimum atomic E-state index is -0.0867. The molecule has 3 N–H and O–H groups in total. The molecule has 2 fully saturated rings. The number of aliphatic hydroxyl groups is 1. The van der Waals surface area contributed by atoms with Crippen molar-refractivity contribution in [2.75, 3.05) is 56.2 Å². The van der Waals surface area contributed by atoms with E-state index in [0.29, 0.717) is 13.2 Å². The maximum absolute atomic E-state index is 11.8. The lowest BCUT2D eigenvalue weighted by Crippen LogP contribution is -2.39. The summed E-state index contributed by atoms with van der Waals surface area (Å²) in [6.45, 7) is 5.34. The number of morpholine rings is 1. The fraction of sp³-hybridized carbons (Fsp3) is 0.393. The summed E-state index contributed by atoms with van der Waals surface area (Å²) < 4.78 is 6.24. The third-order valence-electron chi connectivity index (χ3n) is 7.19. The number of hydrogen-bond acceptors (Lipinski definition) is 8. The monoisotopic (exact) mass is 536 g/mol. The van der Waals surface area contributed by atoms with Gasteiger partial charge in [-0.1, -0.05) is 35.7 Å². The Balaban J connectivity index is 1.18. The smallest absolute Gasteiger partial charge is 0.249 e. The molecule has 0 aliphatic carbocycles. The topological polar surface area (TPSA) is 80.8 Å². The van der Waals surface area contributed by atoms with E-state index in [4.69, 9.17) is 4.74 Å². The zero-order valence-electron chi connectivity index (χ0n) is 20.7. The SMILES string of the molecule is O=c1cc(N2CCOC(c3cccc4c3Sc3ccc(NC(CO)CN5CCCC5)cc3S4)C2)cc[nH]1. The molecule has 2 unspecified atom stereocenters. The van der Waals surface area contributed by atoms with Gasteiger partial charge in [0.05, 0.1) is 19.3 Å². The molecule has 1 aromatic heterocycles. The first-order valence-electron chi connectivity index (χ1n) is 12.9. The highest BCUT2D eigenvalue weighted by Gasteiger charge is 2.28. The quantitative estimate of drug-likeness (QED) is 0.320. The predicted molar refractivity (Wildman–Crippen MR) is 149 cm³/mol. The van der Waals surface area contributed by atoms with Crippen molar-refractivity contribution in [3.63, 3.8) is 0 Å². The Morgan fingerprint density at radius 2 is 1.95 bits per heavy atom. The van der Waals surface area contributed by atoms with Gasteiger partial charge in [0.1, 0.15) is 6.10 Å². The Morgan fingerprint density at radius 1 is 1.05 bits per heavy atom. The molecule has 0 spiro atoms. The molecule has 0 bridgehead atoms. The van der Waals surface area contributed by atoms with E-state index >= 15 is 0 Å². The summed E-state index contributed by atoms with van der Waals surface area (Å²) in [5.74, 6) is 0. The number of hydrogen-bond donors (Lipinski definition) is 3. The van der Waals surface area contributed by atoms with Gasteiger partial charge in [0.15, 0.2) is 0 Å². The second-order valence-corrected chi connectivity index (χ2v) is 11.9. The number of aromatic nitrogens is 1. The Labute approximate surface area is 225 Å². The molecule has 3 aliphatic heterocycles. The van der Waals surface area contributed by atoms with E-state index in [1.54, 1.807) is 35.8 Å². The van der Waals surface area contributed by atoms with Gasteiger partial charge in [-0.25, -0.2) is 0 Å². The number of fused-ring (bicyclic) bond motifs is 2. The van der Waals surface area contributed by atoms with Crippen molar-refractivity contribution in [2.45, 2.75) is 44.6 Å². The van der Waals surface area contributed by atoms with Crippen LogP contribution >= 0.6 is 23.5 Å². The van der Waals surface area contributed by atoms with Crippen molar-refractivity contribution >= 4 is 34.9 Å². The molecular formula is C28H32N4O3S2. The number of rotatable bonds is 7. The third-order valence-corrected chi connectivity index (χ3v) is 9.80. The van der Waals surface area contributed by atoms with Crippen LogP contribution in [0.3, 0.4) is 0 Å². The highest BCUT2D eigenvalue weighted by atomic mass is 32.2. The minimum absolute atomic E-state index is 0.0304. The van der Waals surface area contributed by atoms with Gasteiger partial charge in [-0.15, -0.1) is 0 Å². The second kappa shape index (κ2) is 11.1. The Morgan fingerprint density at radius 3 is 2.78 bits per heavy atom. The molecule has 0 radical (unpaired) electrons. The van der Waals surface area contributed by atoms with Crippen molar-refractivity contribution < 1.29 is 9.84 Å². The van der Waals surface area contributed by atoms with E-state index in [0.717, 1.165) is 37.6 Å². The third kappa shape index (κ3) is 5.56. The van der Waals surface area contributed by atoms with Crippen LogP contribution in [0.2, 0.25) is 0 Å². The van der Waals surface area contributed by atoms with Crippen LogP contribution in [0, 0.1) is 0 Å². The number of pyridine rings is 1. The maximum atomic E-state index is 11.8. The van der Waals surface area contributed by atoms with Gasteiger partial charge in [0.2, 0.25) is 5.56 Å². The van der Waals surface area contributed by atoms with Crippen LogP contribution in [0.5, 0.6) is 0 Å². The summed E-state index contributed by atoms with van der Waals surface area (Å²) in [4.78, 5) is 24.1. The predicted octanol–water partition coefficient (Wildman–Crippen LogP) is 4.44. The second-order valence-electron chi connectivity index (χ2n) is 9.79. The summed E-state index contributed by atoms with van der Waals surface area (Å²) >= 11 is 3.60. The number of likely N-dealkylation sites (tertiary alicyclic amines) is 1. The number of anilines is 2. The molecule has 2 atom stereocenters. The lowest BCUT2D eigenvalue weighted by molar-refractivity contribution is 0.0379. The Bertz CT molecular complexity index is 1310. The van der Waals surface area contributed by atoms with Crippen molar-refractivity contribution in [1.29, 1.82) is 0 Å². The fourth-order valence-corrected chi connectivity index (χ4v) is 7.78.